The Bertz CT molecular complexity index is 290. The lowest BCUT2D eigenvalue weighted by Crippen LogP contribution is -2.43. The van der Waals surface area contributed by atoms with E-state index in [1.54, 1.807) is 0 Å². The number of rotatable bonds is 6. The highest BCUT2D eigenvalue weighted by Gasteiger charge is 2.15. The van der Waals surface area contributed by atoms with E-state index in [4.69, 9.17) is 0 Å². The molecule has 90 valence electrons. The zero-order valence-electron chi connectivity index (χ0n) is 9.80. The van der Waals surface area contributed by atoms with Crippen molar-refractivity contribution in [3.8, 4) is 0 Å². The topological polar surface area (TPSA) is 35.5 Å². The van der Waals surface area contributed by atoms with Crippen molar-refractivity contribution in [3.05, 3.63) is 35.9 Å². The maximum Gasteiger partial charge on any atom is 0.132 e. The zero-order valence-corrected chi connectivity index (χ0v) is 10.7. The Kier molecular flexibility index (Phi) is 5.84. The maximum atomic E-state index is 9.94. The molecule has 0 radical (unpaired) electrons. The normalized spacial score (nSPS) is 15.1. The van der Waals surface area contributed by atoms with Gasteiger partial charge in [-0.1, -0.05) is 44.2 Å². The van der Waals surface area contributed by atoms with Gasteiger partial charge in [0.25, 0.3) is 0 Å². The molecule has 0 spiro atoms. The van der Waals surface area contributed by atoms with Crippen LogP contribution in [0, 0.1) is 0 Å². The first-order valence-corrected chi connectivity index (χ1v) is 6.11. The summed E-state index contributed by atoms with van der Waals surface area (Å²) in [4.78, 5) is 2.12. The van der Waals surface area contributed by atoms with Crippen molar-refractivity contribution in [2.75, 3.05) is 13.1 Å². The fourth-order valence-corrected chi connectivity index (χ4v) is 2.02. The molecule has 1 rings (SSSR count). The predicted octanol–water partition coefficient (Wildman–Crippen LogP) is 1.82. The van der Waals surface area contributed by atoms with Crippen molar-refractivity contribution >= 4 is 12.6 Å². The lowest BCUT2D eigenvalue weighted by atomic mass is 10.2. The Morgan fingerprint density at radius 1 is 1.25 bits per heavy atom. The minimum Gasteiger partial charge on any atom is -0.374 e. The minimum atomic E-state index is -0.677. The molecule has 0 heterocycles. The average Bonchev–Trinajstić information content (AvgIpc) is 2.31. The molecule has 2 unspecified atom stereocenters. The Hall–Kier alpha value is -0.550. The Balaban J connectivity index is 2.54. The van der Waals surface area contributed by atoms with Crippen LogP contribution in [0.3, 0.4) is 0 Å². The molecule has 4 heteroatoms. The van der Waals surface area contributed by atoms with Crippen LogP contribution in [0.4, 0.5) is 0 Å². The van der Waals surface area contributed by atoms with E-state index in [2.05, 4.69) is 36.7 Å². The standard InChI is InChI=1S/C12H20N2OS/c1-3-14(4-2)12(16)13-11(15)10-8-6-5-7-9-10/h5-9,11-13,15-16H,3-4H2,1-2H3. The molecule has 0 aromatic heterocycles. The summed E-state index contributed by atoms with van der Waals surface area (Å²) in [5.41, 5.74) is 0.721. The summed E-state index contributed by atoms with van der Waals surface area (Å²) in [6, 6.07) is 9.52. The summed E-state index contributed by atoms with van der Waals surface area (Å²) in [5.74, 6) is 0. The van der Waals surface area contributed by atoms with Crippen molar-refractivity contribution in [2.45, 2.75) is 25.6 Å². The van der Waals surface area contributed by atoms with Crippen LogP contribution in [-0.4, -0.2) is 28.6 Å². The first-order valence-electron chi connectivity index (χ1n) is 5.60. The van der Waals surface area contributed by atoms with Crippen molar-refractivity contribution in [3.63, 3.8) is 0 Å². The molecule has 0 fully saturated rings. The van der Waals surface area contributed by atoms with Gasteiger partial charge in [-0.2, -0.15) is 0 Å². The molecule has 0 aliphatic carbocycles. The van der Waals surface area contributed by atoms with Gasteiger partial charge in [-0.3, -0.25) is 10.2 Å². The van der Waals surface area contributed by atoms with Gasteiger partial charge in [0, 0.05) is 0 Å². The van der Waals surface area contributed by atoms with Crippen LogP contribution < -0.4 is 5.32 Å². The largest absolute Gasteiger partial charge is 0.374 e. The van der Waals surface area contributed by atoms with Crippen LogP contribution in [0.15, 0.2) is 30.3 Å². The summed E-state index contributed by atoms with van der Waals surface area (Å²) in [5, 5.41) is 13.0. The highest BCUT2D eigenvalue weighted by Crippen LogP contribution is 2.12. The Morgan fingerprint density at radius 3 is 2.31 bits per heavy atom. The number of aliphatic hydroxyl groups is 1. The van der Waals surface area contributed by atoms with Gasteiger partial charge in [-0.05, 0) is 18.7 Å². The average molecular weight is 240 g/mol. The second-order valence-corrected chi connectivity index (χ2v) is 4.06. The van der Waals surface area contributed by atoms with Gasteiger partial charge in [0.1, 0.15) is 11.7 Å². The van der Waals surface area contributed by atoms with Crippen LogP contribution in [0.1, 0.15) is 25.6 Å². The van der Waals surface area contributed by atoms with E-state index in [0.717, 1.165) is 18.7 Å². The lowest BCUT2D eigenvalue weighted by molar-refractivity contribution is 0.101. The molecule has 0 bridgehead atoms. The van der Waals surface area contributed by atoms with E-state index in [0.29, 0.717) is 0 Å². The van der Waals surface area contributed by atoms with Crippen LogP contribution in [-0.2, 0) is 0 Å². The highest BCUT2D eigenvalue weighted by molar-refractivity contribution is 7.80. The quantitative estimate of drug-likeness (QED) is 0.524. The Labute approximate surface area is 103 Å². The zero-order chi connectivity index (χ0) is 12.0. The van der Waals surface area contributed by atoms with Gasteiger partial charge in [-0.15, -0.1) is 12.6 Å². The summed E-state index contributed by atoms with van der Waals surface area (Å²) in [6.45, 7) is 5.95. The SMILES string of the molecule is CCN(CC)C(S)NC(O)c1ccccc1. The van der Waals surface area contributed by atoms with Gasteiger partial charge in [0.05, 0.1) is 0 Å². The number of hydrogen-bond acceptors (Lipinski definition) is 4. The molecule has 0 aliphatic rings. The van der Waals surface area contributed by atoms with Crippen molar-refractivity contribution in [1.82, 2.24) is 10.2 Å². The monoisotopic (exact) mass is 240 g/mol. The number of nitrogens with zero attached hydrogens (tertiary/aromatic N) is 1. The summed E-state index contributed by atoms with van der Waals surface area (Å²) < 4.78 is 0. The van der Waals surface area contributed by atoms with E-state index >= 15 is 0 Å². The van der Waals surface area contributed by atoms with Gasteiger partial charge in [-0.25, -0.2) is 0 Å². The first kappa shape index (κ1) is 13.5. The fourth-order valence-electron chi connectivity index (χ4n) is 1.55. The molecule has 1 aromatic rings. The molecule has 1 aromatic carbocycles. The molecule has 2 atom stereocenters. The second-order valence-electron chi connectivity index (χ2n) is 3.57. The number of thiol groups is 1. The van der Waals surface area contributed by atoms with Crippen LogP contribution in [0.25, 0.3) is 0 Å². The molecule has 3 nitrogen and oxygen atoms in total. The van der Waals surface area contributed by atoms with Crippen LogP contribution in [0.2, 0.25) is 0 Å². The smallest absolute Gasteiger partial charge is 0.132 e. The fraction of sp³-hybridized carbons (Fsp3) is 0.500. The van der Waals surface area contributed by atoms with E-state index in [1.165, 1.54) is 0 Å². The third-order valence-electron chi connectivity index (χ3n) is 2.58. The minimum absolute atomic E-state index is 0.134. The maximum absolute atomic E-state index is 9.94. The number of benzene rings is 1. The molecule has 0 saturated heterocycles. The van der Waals surface area contributed by atoms with Gasteiger partial charge >= 0.3 is 0 Å². The van der Waals surface area contributed by atoms with E-state index in [-0.39, 0.29) is 5.50 Å². The van der Waals surface area contributed by atoms with Crippen molar-refractivity contribution in [2.24, 2.45) is 0 Å². The third-order valence-corrected chi connectivity index (χ3v) is 3.06. The summed E-state index contributed by atoms with van der Waals surface area (Å²) in [7, 11) is 0. The molecule has 16 heavy (non-hydrogen) atoms. The Morgan fingerprint density at radius 2 is 1.81 bits per heavy atom. The predicted molar refractivity (Wildman–Crippen MR) is 70.2 cm³/mol. The number of hydrogen-bond donors (Lipinski definition) is 3. The molecular formula is C12H20N2OS. The first-order chi connectivity index (χ1) is 7.69. The molecule has 0 amide bonds. The second kappa shape index (κ2) is 6.91. The van der Waals surface area contributed by atoms with Crippen LogP contribution >= 0.6 is 12.6 Å². The number of aliphatic hydroxyl groups excluding tert-OH is 1. The third kappa shape index (κ3) is 3.79. The highest BCUT2D eigenvalue weighted by atomic mass is 32.1. The molecule has 0 aliphatic heterocycles. The van der Waals surface area contributed by atoms with Crippen molar-refractivity contribution in [1.29, 1.82) is 0 Å². The van der Waals surface area contributed by atoms with Gasteiger partial charge < -0.3 is 5.11 Å². The summed E-state index contributed by atoms with van der Waals surface area (Å²) in [6.07, 6.45) is -0.677. The summed E-state index contributed by atoms with van der Waals surface area (Å²) >= 11 is 4.43. The van der Waals surface area contributed by atoms with Gasteiger partial charge in [0.15, 0.2) is 0 Å². The molecular weight excluding hydrogens is 220 g/mol. The number of nitrogens with one attached hydrogen (secondary N) is 1. The van der Waals surface area contributed by atoms with Gasteiger partial charge in [0.2, 0.25) is 0 Å². The van der Waals surface area contributed by atoms with E-state index in [9.17, 15) is 5.11 Å². The lowest BCUT2D eigenvalue weighted by Gasteiger charge is -2.28. The van der Waals surface area contributed by atoms with Crippen molar-refractivity contribution < 1.29 is 5.11 Å². The molecule has 2 N–H and O–H groups in total. The molecule has 0 saturated carbocycles. The van der Waals surface area contributed by atoms with Crippen LogP contribution in [0.5, 0.6) is 0 Å². The van der Waals surface area contributed by atoms with E-state index in [1.807, 2.05) is 30.3 Å². The van der Waals surface area contributed by atoms with E-state index < -0.39 is 6.23 Å².